The molecule has 0 aromatic heterocycles. The highest BCUT2D eigenvalue weighted by Crippen LogP contribution is 2.33. The molecule has 0 radical (unpaired) electrons. The third-order valence-electron chi connectivity index (χ3n) is 4.51. The largest absolute Gasteiger partial charge is 0.385 e. The van der Waals surface area contributed by atoms with Crippen LogP contribution in [0.3, 0.4) is 0 Å². The summed E-state index contributed by atoms with van der Waals surface area (Å²) in [6.45, 7) is 5.69. The molecular formula is C16H30N2O2. The lowest BCUT2D eigenvalue weighted by Crippen LogP contribution is -2.46. The van der Waals surface area contributed by atoms with Crippen molar-refractivity contribution in [3.8, 4) is 6.07 Å². The highest BCUT2D eigenvalue weighted by molar-refractivity contribution is 4.97. The second-order valence-corrected chi connectivity index (χ2v) is 5.77. The van der Waals surface area contributed by atoms with Gasteiger partial charge < -0.3 is 9.47 Å². The first kappa shape index (κ1) is 17.4. The molecule has 0 N–H and O–H groups in total. The quantitative estimate of drug-likeness (QED) is 0.610. The number of hydrogen-bond acceptors (Lipinski definition) is 4. The molecular weight excluding hydrogens is 252 g/mol. The van der Waals surface area contributed by atoms with Crippen LogP contribution in [0.1, 0.15) is 39.0 Å². The molecule has 0 aromatic rings. The fourth-order valence-electron chi connectivity index (χ4n) is 3.22. The molecule has 0 spiro atoms. The van der Waals surface area contributed by atoms with Crippen molar-refractivity contribution >= 4 is 0 Å². The van der Waals surface area contributed by atoms with Gasteiger partial charge in [0.15, 0.2) is 0 Å². The normalized spacial score (nSPS) is 26.6. The molecule has 0 aliphatic heterocycles. The number of methoxy groups -OCH3 is 2. The van der Waals surface area contributed by atoms with Crippen LogP contribution in [0.5, 0.6) is 0 Å². The van der Waals surface area contributed by atoms with Crippen LogP contribution in [0.15, 0.2) is 0 Å². The van der Waals surface area contributed by atoms with E-state index in [0.29, 0.717) is 6.04 Å². The van der Waals surface area contributed by atoms with Crippen molar-refractivity contribution in [1.29, 1.82) is 5.26 Å². The van der Waals surface area contributed by atoms with E-state index in [-0.39, 0.29) is 5.92 Å². The smallest absolute Gasteiger partial charge is 0.0672 e. The maximum atomic E-state index is 9.43. The second kappa shape index (κ2) is 10.1. The minimum absolute atomic E-state index is 0.178. The summed E-state index contributed by atoms with van der Waals surface area (Å²) in [4.78, 5) is 2.46. The van der Waals surface area contributed by atoms with Crippen LogP contribution >= 0.6 is 0 Å². The van der Waals surface area contributed by atoms with Crippen LogP contribution in [0.25, 0.3) is 0 Å². The summed E-state index contributed by atoms with van der Waals surface area (Å²) in [6.07, 6.45) is 5.66. The maximum Gasteiger partial charge on any atom is 0.0672 e. The van der Waals surface area contributed by atoms with Crippen molar-refractivity contribution < 1.29 is 9.47 Å². The number of hydrogen-bond donors (Lipinski definition) is 0. The Hall–Kier alpha value is -0.630. The Kier molecular flexibility index (Phi) is 8.84. The van der Waals surface area contributed by atoms with Gasteiger partial charge >= 0.3 is 0 Å². The zero-order chi connectivity index (χ0) is 14.8. The third kappa shape index (κ3) is 5.40. The molecule has 0 heterocycles. The van der Waals surface area contributed by atoms with Crippen LogP contribution in [0.4, 0.5) is 0 Å². The lowest BCUT2D eigenvalue weighted by molar-refractivity contribution is 0.0616. The Balaban J connectivity index is 2.64. The van der Waals surface area contributed by atoms with Crippen LogP contribution in [-0.4, -0.2) is 51.5 Å². The summed E-state index contributed by atoms with van der Waals surface area (Å²) < 4.78 is 10.4. The van der Waals surface area contributed by atoms with Gasteiger partial charge in [-0.15, -0.1) is 0 Å². The van der Waals surface area contributed by atoms with Crippen LogP contribution in [0, 0.1) is 23.2 Å². The number of nitriles is 1. The molecule has 4 nitrogen and oxygen atoms in total. The molecule has 0 bridgehead atoms. The zero-order valence-electron chi connectivity index (χ0n) is 13.3. The Bertz CT molecular complexity index is 291. The van der Waals surface area contributed by atoms with Crippen LogP contribution in [0.2, 0.25) is 0 Å². The summed E-state index contributed by atoms with van der Waals surface area (Å²) >= 11 is 0. The van der Waals surface area contributed by atoms with E-state index in [1.54, 1.807) is 14.2 Å². The van der Waals surface area contributed by atoms with E-state index >= 15 is 0 Å². The van der Waals surface area contributed by atoms with Crippen molar-refractivity contribution in [2.75, 3.05) is 40.5 Å². The third-order valence-corrected chi connectivity index (χ3v) is 4.51. The Morgan fingerprint density at radius 2 is 1.90 bits per heavy atom. The summed E-state index contributed by atoms with van der Waals surface area (Å²) in [5, 5.41) is 9.43. The first-order valence-electron chi connectivity index (χ1n) is 7.88. The number of rotatable bonds is 9. The molecule has 0 aromatic carbocycles. The zero-order valence-corrected chi connectivity index (χ0v) is 13.3. The van der Waals surface area contributed by atoms with Gasteiger partial charge in [-0.05, 0) is 31.6 Å². The van der Waals surface area contributed by atoms with Crippen LogP contribution < -0.4 is 0 Å². The topological polar surface area (TPSA) is 45.5 Å². The molecule has 0 saturated heterocycles. The minimum atomic E-state index is 0.178. The van der Waals surface area contributed by atoms with E-state index in [2.05, 4.69) is 17.9 Å². The van der Waals surface area contributed by atoms with Crippen LogP contribution in [-0.2, 0) is 9.47 Å². The van der Waals surface area contributed by atoms with Gasteiger partial charge in [0, 0.05) is 40.0 Å². The molecule has 3 unspecified atom stereocenters. The second-order valence-electron chi connectivity index (χ2n) is 5.77. The summed E-state index contributed by atoms with van der Waals surface area (Å²) in [5.41, 5.74) is 0. The molecule has 3 atom stereocenters. The Morgan fingerprint density at radius 3 is 2.50 bits per heavy atom. The van der Waals surface area contributed by atoms with Gasteiger partial charge in [-0.1, -0.05) is 13.3 Å². The number of nitrogens with zero attached hydrogens (tertiary/aromatic N) is 2. The van der Waals surface area contributed by atoms with Crippen molar-refractivity contribution in [3.05, 3.63) is 0 Å². The van der Waals surface area contributed by atoms with Crippen molar-refractivity contribution in [3.63, 3.8) is 0 Å². The number of ether oxygens (including phenoxy) is 2. The molecule has 1 aliphatic rings. The van der Waals surface area contributed by atoms with Crippen molar-refractivity contribution in [2.24, 2.45) is 11.8 Å². The first-order chi connectivity index (χ1) is 9.76. The molecule has 20 heavy (non-hydrogen) atoms. The fraction of sp³-hybridized carbons (Fsp3) is 0.938. The van der Waals surface area contributed by atoms with E-state index in [4.69, 9.17) is 9.47 Å². The van der Waals surface area contributed by atoms with Gasteiger partial charge in [-0.3, -0.25) is 4.90 Å². The van der Waals surface area contributed by atoms with E-state index in [1.165, 1.54) is 12.8 Å². The summed E-state index contributed by atoms with van der Waals surface area (Å²) in [6, 6.07) is 2.93. The lowest BCUT2D eigenvalue weighted by Gasteiger charge is -2.40. The maximum absolute atomic E-state index is 9.43. The van der Waals surface area contributed by atoms with Gasteiger partial charge in [-0.2, -0.15) is 5.26 Å². The fourth-order valence-corrected chi connectivity index (χ4v) is 3.22. The van der Waals surface area contributed by atoms with Gasteiger partial charge in [0.25, 0.3) is 0 Å². The highest BCUT2D eigenvalue weighted by Gasteiger charge is 2.33. The predicted octanol–water partition coefficient (Wildman–Crippen LogP) is 2.69. The van der Waals surface area contributed by atoms with Gasteiger partial charge in [-0.25, -0.2) is 0 Å². The average Bonchev–Trinajstić information content (AvgIpc) is 2.50. The Labute approximate surface area is 124 Å². The lowest BCUT2D eigenvalue weighted by atomic mass is 9.77. The standard InChI is InChI=1S/C16H30N2O2/c1-4-14-6-7-15(13-17)16(12-14)18(9-11-20-3)8-5-10-19-2/h14-16H,4-12H2,1-3H3. The first-order valence-corrected chi connectivity index (χ1v) is 7.88. The monoisotopic (exact) mass is 282 g/mol. The molecule has 4 heteroatoms. The average molecular weight is 282 g/mol. The highest BCUT2D eigenvalue weighted by atomic mass is 16.5. The van der Waals surface area contributed by atoms with E-state index in [9.17, 15) is 5.26 Å². The van der Waals surface area contributed by atoms with Crippen molar-refractivity contribution in [1.82, 2.24) is 4.90 Å². The SMILES string of the molecule is CCC1CCC(C#N)C(N(CCCOC)CCOC)C1. The van der Waals surface area contributed by atoms with E-state index in [1.807, 2.05) is 0 Å². The molecule has 0 amide bonds. The van der Waals surface area contributed by atoms with E-state index < -0.39 is 0 Å². The van der Waals surface area contributed by atoms with Gasteiger partial charge in [0.1, 0.15) is 0 Å². The van der Waals surface area contributed by atoms with E-state index in [0.717, 1.165) is 51.5 Å². The summed E-state index contributed by atoms with van der Waals surface area (Å²) in [7, 11) is 3.48. The molecule has 1 rings (SSSR count). The molecule has 1 aliphatic carbocycles. The predicted molar refractivity (Wildman–Crippen MR) is 80.5 cm³/mol. The minimum Gasteiger partial charge on any atom is -0.385 e. The summed E-state index contributed by atoms with van der Waals surface area (Å²) in [5.74, 6) is 0.953. The van der Waals surface area contributed by atoms with Crippen molar-refractivity contribution in [2.45, 2.75) is 45.1 Å². The molecule has 1 fully saturated rings. The Morgan fingerprint density at radius 1 is 1.15 bits per heavy atom. The van der Waals surface area contributed by atoms with Gasteiger partial charge in [0.2, 0.25) is 0 Å². The van der Waals surface area contributed by atoms with Gasteiger partial charge in [0.05, 0.1) is 18.6 Å². The molecule has 1 saturated carbocycles. The molecule has 116 valence electrons.